The first-order valence-electron chi connectivity index (χ1n) is 4.50. The van der Waals surface area contributed by atoms with E-state index < -0.39 is 0 Å². The van der Waals surface area contributed by atoms with Crippen LogP contribution in [0.2, 0.25) is 0 Å². The summed E-state index contributed by atoms with van der Waals surface area (Å²) in [5.74, 6) is 0.518. The van der Waals surface area contributed by atoms with E-state index in [0.29, 0.717) is 10.9 Å². The van der Waals surface area contributed by atoms with Gasteiger partial charge in [0.15, 0.2) is 11.5 Å². The first kappa shape index (κ1) is 12.4. The van der Waals surface area contributed by atoms with Gasteiger partial charge in [-0.25, -0.2) is 0 Å². The Morgan fingerprint density at radius 3 is 3.00 bits per heavy atom. The van der Waals surface area contributed by atoms with Gasteiger partial charge in [-0.05, 0) is 24.5 Å². The van der Waals surface area contributed by atoms with E-state index in [0.717, 1.165) is 5.56 Å². The van der Waals surface area contributed by atoms with Crippen molar-refractivity contribution in [1.82, 2.24) is 0 Å². The number of nitrogens with one attached hydrogen (secondary N) is 1. The van der Waals surface area contributed by atoms with Crippen molar-refractivity contribution in [3.05, 3.63) is 23.8 Å². The molecule has 0 saturated heterocycles. The molecule has 86 valence electrons. The molecule has 16 heavy (non-hydrogen) atoms. The van der Waals surface area contributed by atoms with E-state index in [9.17, 15) is 5.11 Å². The lowest BCUT2D eigenvalue weighted by atomic mass is 10.2. The first-order valence-corrected chi connectivity index (χ1v) is 5.72. The lowest BCUT2D eigenvalue weighted by molar-refractivity contribution is -0.456. The van der Waals surface area contributed by atoms with Crippen LogP contribution in [-0.2, 0) is 0 Å². The SMILES string of the molecule is COc1cc(/C=[NH+]/N=C(N)SC)ccc1O. The van der Waals surface area contributed by atoms with Crippen LogP contribution in [-0.4, -0.2) is 29.9 Å². The molecule has 0 spiro atoms. The molecule has 0 amide bonds. The molecule has 0 aliphatic carbocycles. The van der Waals surface area contributed by atoms with Gasteiger partial charge >= 0.3 is 0 Å². The Hall–Kier alpha value is -1.69. The van der Waals surface area contributed by atoms with E-state index in [4.69, 9.17) is 10.5 Å². The van der Waals surface area contributed by atoms with Crippen molar-refractivity contribution in [2.75, 3.05) is 13.4 Å². The minimum Gasteiger partial charge on any atom is -0.504 e. The van der Waals surface area contributed by atoms with Gasteiger partial charge in [0.25, 0.3) is 0 Å². The van der Waals surface area contributed by atoms with E-state index in [-0.39, 0.29) is 5.75 Å². The number of hydrogen-bond donors (Lipinski definition) is 3. The topological polar surface area (TPSA) is 81.8 Å². The van der Waals surface area contributed by atoms with Gasteiger partial charge in [0, 0.05) is 10.7 Å². The first-order chi connectivity index (χ1) is 7.67. The quantitative estimate of drug-likeness (QED) is 0.378. The summed E-state index contributed by atoms with van der Waals surface area (Å²) in [6.07, 6.45) is 3.50. The van der Waals surface area contributed by atoms with Gasteiger partial charge in [0.05, 0.1) is 7.11 Å². The number of ether oxygens (including phenoxy) is 1. The zero-order chi connectivity index (χ0) is 12.0. The number of methoxy groups -OCH3 is 1. The van der Waals surface area contributed by atoms with E-state index in [1.54, 1.807) is 24.4 Å². The highest BCUT2D eigenvalue weighted by Gasteiger charge is 2.02. The average molecular weight is 240 g/mol. The summed E-state index contributed by atoms with van der Waals surface area (Å²) in [4.78, 5) is 0. The number of rotatable bonds is 3. The second kappa shape index (κ2) is 6.02. The second-order valence-corrected chi connectivity index (χ2v) is 3.69. The smallest absolute Gasteiger partial charge is 0.225 e. The molecule has 5 nitrogen and oxygen atoms in total. The van der Waals surface area contributed by atoms with Crippen LogP contribution in [0.15, 0.2) is 23.3 Å². The van der Waals surface area contributed by atoms with Gasteiger partial charge in [0.1, 0.15) is 0 Å². The number of nitrogens with zero attached hydrogens (tertiary/aromatic N) is 1. The summed E-state index contributed by atoms with van der Waals surface area (Å²) in [5, 5.41) is 16.4. The fraction of sp³-hybridized carbons (Fsp3) is 0.200. The van der Waals surface area contributed by atoms with Crippen molar-refractivity contribution < 1.29 is 14.9 Å². The van der Waals surface area contributed by atoms with Crippen LogP contribution in [0.5, 0.6) is 11.5 Å². The zero-order valence-electron chi connectivity index (χ0n) is 9.10. The van der Waals surface area contributed by atoms with Gasteiger partial charge in [-0.2, -0.15) is 0 Å². The Labute approximate surface area is 98.0 Å². The maximum absolute atomic E-state index is 9.38. The Morgan fingerprint density at radius 1 is 1.62 bits per heavy atom. The zero-order valence-corrected chi connectivity index (χ0v) is 9.91. The Balaban J connectivity index is 2.82. The molecule has 0 aromatic heterocycles. The normalized spacial score (nSPS) is 12.0. The van der Waals surface area contributed by atoms with Crippen molar-refractivity contribution in [3.8, 4) is 11.5 Å². The number of amidine groups is 1. The third-order valence-electron chi connectivity index (χ3n) is 1.82. The highest BCUT2D eigenvalue weighted by Crippen LogP contribution is 2.25. The fourth-order valence-electron chi connectivity index (χ4n) is 1.00. The molecule has 0 heterocycles. The monoisotopic (exact) mass is 240 g/mol. The van der Waals surface area contributed by atoms with Crippen LogP contribution in [0.25, 0.3) is 0 Å². The molecule has 0 fully saturated rings. The summed E-state index contributed by atoms with van der Waals surface area (Å²) >= 11 is 1.35. The Morgan fingerprint density at radius 2 is 2.38 bits per heavy atom. The van der Waals surface area contributed by atoms with Crippen LogP contribution < -0.4 is 15.6 Å². The van der Waals surface area contributed by atoms with Gasteiger partial charge in [-0.15, -0.1) is 5.10 Å². The van der Waals surface area contributed by atoms with Crippen molar-refractivity contribution in [2.45, 2.75) is 0 Å². The number of hydrogen-bond acceptors (Lipinski definition) is 4. The summed E-state index contributed by atoms with van der Waals surface area (Å²) in [5.41, 5.74) is 6.31. The lowest BCUT2D eigenvalue weighted by Crippen LogP contribution is -2.62. The van der Waals surface area contributed by atoms with E-state index in [2.05, 4.69) is 10.2 Å². The third-order valence-corrected chi connectivity index (χ3v) is 2.33. The van der Waals surface area contributed by atoms with Gasteiger partial charge in [0.2, 0.25) is 11.4 Å². The Kier molecular flexibility index (Phi) is 4.65. The van der Waals surface area contributed by atoms with Crippen LogP contribution in [0.1, 0.15) is 5.56 Å². The molecular weight excluding hydrogens is 226 g/mol. The minimum absolute atomic E-state index is 0.103. The van der Waals surface area contributed by atoms with Crippen molar-refractivity contribution in [1.29, 1.82) is 0 Å². The van der Waals surface area contributed by atoms with Crippen LogP contribution in [0, 0.1) is 0 Å². The van der Waals surface area contributed by atoms with Gasteiger partial charge in [-0.1, -0.05) is 11.8 Å². The molecule has 6 heteroatoms. The maximum Gasteiger partial charge on any atom is 0.225 e. The van der Waals surface area contributed by atoms with E-state index >= 15 is 0 Å². The number of thioether (sulfide) groups is 1. The summed E-state index contributed by atoms with van der Waals surface area (Å²) < 4.78 is 4.97. The predicted molar refractivity (Wildman–Crippen MR) is 65.9 cm³/mol. The summed E-state index contributed by atoms with van der Waals surface area (Å²) in [6.45, 7) is 0. The fourth-order valence-corrected chi connectivity index (χ4v) is 1.14. The largest absolute Gasteiger partial charge is 0.504 e. The van der Waals surface area contributed by atoms with E-state index in [1.165, 1.54) is 18.9 Å². The van der Waals surface area contributed by atoms with Crippen LogP contribution in [0.4, 0.5) is 0 Å². The van der Waals surface area contributed by atoms with Crippen molar-refractivity contribution >= 4 is 23.1 Å². The Bertz CT molecular complexity index is 419. The molecule has 1 aromatic rings. The summed E-state index contributed by atoms with van der Waals surface area (Å²) in [6, 6.07) is 4.97. The molecule has 1 aromatic carbocycles. The lowest BCUT2D eigenvalue weighted by Gasteiger charge is -2.01. The number of benzene rings is 1. The highest BCUT2D eigenvalue weighted by atomic mass is 32.2. The molecular formula is C10H14N3O2S+. The standard InChI is InChI=1S/C10H13N3O2S/c1-15-9-5-7(3-4-8(9)14)6-12-13-10(11)16-2/h3-6,14H,1-2H3,(H2,11,13)/p+1/b12-6+. The van der Waals surface area contributed by atoms with Crippen molar-refractivity contribution in [2.24, 2.45) is 10.8 Å². The molecule has 4 N–H and O–H groups in total. The molecule has 0 atom stereocenters. The van der Waals surface area contributed by atoms with Crippen LogP contribution >= 0.6 is 11.8 Å². The second-order valence-electron chi connectivity index (χ2n) is 2.86. The third kappa shape index (κ3) is 3.47. The average Bonchev–Trinajstić information content (AvgIpc) is 2.31. The maximum atomic E-state index is 9.38. The molecule has 1 rings (SSSR count). The minimum atomic E-state index is 0.103. The van der Waals surface area contributed by atoms with Gasteiger partial charge in [-0.3, -0.25) is 0 Å². The highest BCUT2D eigenvalue weighted by molar-refractivity contribution is 8.13. The molecule has 0 saturated carbocycles. The summed E-state index contributed by atoms with van der Waals surface area (Å²) in [7, 11) is 1.50. The molecule has 0 radical (unpaired) electrons. The molecule has 0 aliphatic rings. The molecule has 0 bridgehead atoms. The van der Waals surface area contributed by atoms with Gasteiger partial charge < -0.3 is 15.6 Å². The number of nitrogens with two attached hydrogens (primary N) is 1. The number of hydrazone groups is 1. The molecule has 0 aliphatic heterocycles. The van der Waals surface area contributed by atoms with Crippen LogP contribution in [0.3, 0.4) is 0 Å². The predicted octanol–water partition coefficient (Wildman–Crippen LogP) is -0.507. The number of aromatic hydroxyl groups is 1. The molecule has 0 unspecified atom stereocenters. The van der Waals surface area contributed by atoms with E-state index in [1.807, 2.05) is 6.26 Å². The number of phenols is 1. The van der Waals surface area contributed by atoms with Crippen molar-refractivity contribution in [3.63, 3.8) is 0 Å². The number of phenolic OH excluding ortho intramolecular Hbond substituents is 1.